The third-order valence-electron chi connectivity index (χ3n) is 2.55. The lowest BCUT2D eigenvalue weighted by atomic mass is 10.4. The first-order valence-electron chi connectivity index (χ1n) is 6.50. The number of hydrogen-bond acceptors (Lipinski definition) is 4. The molecule has 0 saturated heterocycles. The van der Waals surface area contributed by atoms with E-state index in [-0.39, 0.29) is 5.91 Å². The van der Waals surface area contributed by atoms with Crippen LogP contribution in [0.5, 0.6) is 0 Å². The quantitative estimate of drug-likeness (QED) is 0.658. The molecule has 108 valence electrons. The van der Waals surface area contributed by atoms with E-state index in [2.05, 4.69) is 17.2 Å². The lowest BCUT2D eigenvalue weighted by Gasteiger charge is -2.03. The number of benzene rings is 1. The zero-order valence-corrected chi connectivity index (χ0v) is 13.1. The van der Waals surface area contributed by atoms with Crippen LogP contribution in [0.25, 0.3) is 0 Å². The number of amides is 1. The summed E-state index contributed by atoms with van der Waals surface area (Å²) in [5.74, 6) is 6.26. The van der Waals surface area contributed by atoms with Crippen molar-refractivity contribution in [1.29, 1.82) is 0 Å². The van der Waals surface area contributed by atoms with Gasteiger partial charge in [0, 0.05) is 9.77 Å². The van der Waals surface area contributed by atoms with Crippen molar-refractivity contribution in [2.45, 2.75) is 11.4 Å². The van der Waals surface area contributed by atoms with Crippen molar-refractivity contribution in [3.05, 3.63) is 52.2 Å². The molecule has 5 heteroatoms. The number of rotatable bonds is 5. The number of nitrogens with two attached hydrogens (primary N) is 1. The summed E-state index contributed by atoms with van der Waals surface area (Å²) < 4.78 is 0. The van der Waals surface area contributed by atoms with Crippen LogP contribution in [0.3, 0.4) is 0 Å². The molecule has 0 aliphatic carbocycles. The molecule has 0 fully saturated rings. The minimum Gasteiger partial charge on any atom is -0.350 e. The number of carbonyl (C=O) groups is 1. The van der Waals surface area contributed by atoms with Gasteiger partial charge in [-0.1, -0.05) is 30.0 Å². The topological polar surface area (TPSA) is 55.1 Å². The van der Waals surface area contributed by atoms with Gasteiger partial charge in [0.25, 0.3) is 0 Å². The van der Waals surface area contributed by atoms with Crippen LogP contribution in [0.2, 0.25) is 0 Å². The van der Waals surface area contributed by atoms with E-state index < -0.39 is 0 Å². The van der Waals surface area contributed by atoms with Crippen molar-refractivity contribution in [2.75, 3.05) is 12.3 Å². The SMILES string of the molecule is NCC#Cc1ccc(CNC(=O)CSc2ccccc2)s1. The fraction of sp³-hybridized carbons (Fsp3) is 0.188. The van der Waals surface area contributed by atoms with E-state index in [1.807, 2.05) is 42.5 Å². The van der Waals surface area contributed by atoms with Gasteiger partial charge in [-0.3, -0.25) is 4.79 Å². The Morgan fingerprint density at radius 1 is 1.24 bits per heavy atom. The third kappa shape index (κ3) is 5.64. The van der Waals surface area contributed by atoms with E-state index in [9.17, 15) is 4.79 Å². The van der Waals surface area contributed by atoms with Crippen molar-refractivity contribution in [2.24, 2.45) is 5.73 Å². The van der Waals surface area contributed by atoms with Crippen LogP contribution in [0, 0.1) is 11.8 Å². The Morgan fingerprint density at radius 2 is 2.05 bits per heavy atom. The summed E-state index contributed by atoms with van der Waals surface area (Å²) in [4.78, 5) is 15.0. The molecule has 0 aliphatic heterocycles. The molecule has 1 heterocycles. The fourth-order valence-electron chi connectivity index (χ4n) is 1.58. The molecule has 0 spiro atoms. The maximum absolute atomic E-state index is 11.8. The summed E-state index contributed by atoms with van der Waals surface area (Å²) in [7, 11) is 0. The number of nitrogens with one attached hydrogen (secondary N) is 1. The molecule has 3 nitrogen and oxygen atoms in total. The second kappa shape index (κ2) is 8.53. The van der Waals surface area contributed by atoms with Gasteiger partial charge < -0.3 is 11.1 Å². The highest BCUT2D eigenvalue weighted by Crippen LogP contribution is 2.17. The first-order chi connectivity index (χ1) is 10.3. The maximum Gasteiger partial charge on any atom is 0.230 e. The molecule has 0 radical (unpaired) electrons. The van der Waals surface area contributed by atoms with E-state index in [1.165, 1.54) is 11.8 Å². The fourth-order valence-corrected chi connectivity index (χ4v) is 3.15. The predicted octanol–water partition coefficient (Wildman–Crippen LogP) is 2.47. The van der Waals surface area contributed by atoms with Crippen molar-refractivity contribution in [3.63, 3.8) is 0 Å². The highest BCUT2D eigenvalue weighted by molar-refractivity contribution is 8.00. The number of hydrogen-bond donors (Lipinski definition) is 2. The van der Waals surface area contributed by atoms with Gasteiger partial charge in [-0.15, -0.1) is 23.1 Å². The smallest absolute Gasteiger partial charge is 0.230 e. The summed E-state index contributed by atoms with van der Waals surface area (Å²) >= 11 is 3.11. The number of thioether (sulfide) groups is 1. The first-order valence-corrected chi connectivity index (χ1v) is 8.30. The Balaban J connectivity index is 1.75. The summed E-state index contributed by atoms with van der Waals surface area (Å²) in [5.41, 5.74) is 5.33. The van der Waals surface area contributed by atoms with Gasteiger partial charge in [-0.25, -0.2) is 0 Å². The molecule has 0 atom stereocenters. The van der Waals surface area contributed by atoms with Crippen LogP contribution in [0.15, 0.2) is 47.4 Å². The third-order valence-corrected chi connectivity index (χ3v) is 4.56. The number of carbonyl (C=O) groups excluding carboxylic acids is 1. The molecule has 1 aromatic heterocycles. The van der Waals surface area contributed by atoms with Crippen LogP contribution in [0.4, 0.5) is 0 Å². The summed E-state index contributed by atoms with van der Waals surface area (Å²) in [5, 5.41) is 2.92. The molecule has 2 aromatic rings. The Hall–Kier alpha value is -1.74. The second-order valence-corrected chi connectivity index (χ2v) is 6.37. The lowest BCUT2D eigenvalue weighted by Crippen LogP contribution is -2.24. The van der Waals surface area contributed by atoms with Gasteiger partial charge in [0.2, 0.25) is 5.91 Å². The number of thiophene rings is 1. The molecule has 3 N–H and O–H groups in total. The van der Waals surface area contributed by atoms with Crippen LogP contribution in [0.1, 0.15) is 9.75 Å². The van der Waals surface area contributed by atoms with Crippen molar-refractivity contribution in [3.8, 4) is 11.8 Å². The summed E-state index contributed by atoms with van der Waals surface area (Å²) in [6.07, 6.45) is 0. The van der Waals surface area contributed by atoms with Gasteiger partial charge in [-0.2, -0.15) is 0 Å². The van der Waals surface area contributed by atoms with Gasteiger partial charge in [0.05, 0.1) is 23.7 Å². The normalized spacial score (nSPS) is 9.76. The van der Waals surface area contributed by atoms with Crippen LogP contribution >= 0.6 is 23.1 Å². The lowest BCUT2D eigenvalue weighted by molar-refractivity contribution is -0.118. The molecule has 2 rings (SSSR count). The summed E-state index contributed by atoms with van der Waals surface area (Å²) in [6, 6.07) is 13.8. The maximum atomic E-state index is 11.8. The molecule has 0 bridgehead atoms. The minimum absolute atomic E-state index is 0.0341. The van der Waals surface area contributed by atoms with Crippen LogP contribution in [-0.2, 0) is 11.3 Å². The second-order valence-electron chi connectivity index (χ2n) is 4.15. The van der Waals surface area contributed by atoms with E-state index in [0.717, 1.165) is 14.6 Å². The molecular weight excluding hydrogens is 300 g/mol. The Labute approximate surface area is 132 Å². The van der Waals surface area contributed by atoms with E-state index in [0.29, 0.717) is 18.8 Å². The Bertz CT molecular complexity index is 641. The Morgan fingerprint density at radius 3 is 2.81 bits per heavy atom. The molecule has 1 amide bonds. The van der Waals surface area contributed by atoms with Gasteiger partial charge >= 0.3 is 0 Å². The monoisotopic (exact) mass is 316 g/mol. The molecule has 21 heavy (non-hydrogen) atoms. The van der Waals surface area contributed by atoms with Crippen LogP contribution in [-0.4, -0.2) is 18.2 Å². The zero-order chi connectivity index (χ0) is 14.9. The largest absolute Gasteiger partial charge is 0.350 e. The van der Waals surface area contributed by atoms with Crippen LogP contribution < -0.4 is 11.1 Å². The van der Waals surface area contributed by atoms with Gasteiger partial charge in [0.1, 0.15) is 0 Å². The first kappa shape index (κ1) is 15.6. The molecular formula is C16H16N2OS2. The highest BCUT2D eigenvalue weighted by Gasteiger charge is 2.04. The van der Waals surface area contributed by atoms with E-state index in [4.69, 9.17) is 5.73 Å². The van der Waals surface area contributed by atoms with Crippen molar-refractivity contribution < 1.29 is 4.79 Å². The van der Waals surface area contributed by atoms with Crippen molar-refractivity contribution >= 4 is 29.0 Å². The average molecular weight is 316 g/mol. The standard InChI is InChI=1S/C16H16N2OS2/c17-10-4-7-14-8-9-15(21-14)11-18-16(19)12-20-13-5-2-1-3-6-13/h1-3,5-6,8-9H,10-12,17H2,(H,18,19). The minimum atomic E-state index is 0.0341. The zero-order valence-electron chi connectivity index (χ0n) is 11.5. The van der Waals surface area contributed by atoms with Crippen molar-refractivity contribution in [1.82, 2.24) is 5.32 Å². The molecule has 0 aliphatic rings. The average Bonchev–Trinajstić information content (AvgIpc) is 2.98. The van der Waals surface area contributed by atoms with E-state index >= 15 is 0 Å². The van der Waals surface area contributed by atoms with Gasteiger partial charge in [-0.05, 0) is 24.3 Å². The van der Waals surface area contributed by atoms with E-state index in [1.54, 1.807) is 11.3 Å². The molecule has 0 unspecified atom stereocenters. The molecule has 0 saturated carbocycles. The Kier molecular flexibility index (Phi) is 6.35. The molecule has 1 aromatic carbocycles. The predicted molar refractivity (Wildman–Crippen MR) is 89.3 cm³/mol. The highest BCUT2D eigenvalue weighted by atomic mass is 32.2. The van der Waals surface area contributed by atoms with Gasteiger partial charge in [0.15, 0.2) is 0 Å². The summed E-state index contributed by atoms with van der Waals surface area (Å²) in [6.45, 7) is 0.907.